The average molecular weight is 373 g/mol. The lowest BCUT2D eigenvalue weighted by atomic mass is 9.46. The molecule has 148 valence electrons. The molecule has 4 rings (SSSR count). The van der Waals surface area contributed by atoms with E-state index in [2.05, 4.69) is 13.8 Å². The highest BCUT2D eigenvalue weighted by molar-refractivity contribution is 6.09. The molecule has 0 spiro atoms. The third-order valence-electron chi connectivity index (χ3n) is 8.61. The summed E-state index contributed by atoms with van der Waals surface area (Å²) in [5.74, 6) is 1.47. The quantitative estimate of drug-likeness (QED) is 0.674. The molecule has 3 saturated carbocycles. The van der Waals surface area contributed by atoms with Crippen molar-refractivity contribution in [3.05, 3.63) is 11.1 Å². The lowest BCUT2D eigenvalue weighted by Gasteiger charge is -2.57. The van der Waals surface area contributed by atoms with Gasteiger partial charge in [0, 0.05) is 36.3 Å². The van der Waals surface area contributed by atoms with E-state index in [1.54, 1.807) is 0 Å². The van der Waals surface area contributed by atoms with Crippen molar-refractivity contribution in [2.24, 2.45) is 28.6 Å². The molecule has 0 aromatic rings. The Kier molecular flexibility index (Phi) is 4.40. The summed E-state index contributed by atoms with van der Waals surface area (Å²) >= 11 is 0. The molecule has 1 unspecified atom stereocenters. The molecular weight excluding hydrogens is 340 g/mol. The van der Waals surface area contributed by atoms with Crippen molar-refractivity contribution in [1.29, 1.82) is 0 Å². The number of ether oxygens (including phenoxy) is 1. The average Bonchev–Trinajstić information content (AvgIpc) is 2.92. The number of hydrogen-bond acceptors (Lipinski definition) is 4. The van der Waals surface area contributed by atoms with Gasteiger partial charge in [-0.1, -0.05) is 20.8 Å². The first-order chi connectivity index (χ1) is 12.7. The second-order valence-electron chi connectivity index (χ2n) is 9.77. The number of Topliss-reactive ketones (excluding diaryl/α,β-unsaturated/α-hetero) is 2. The molecule has 3 fully saturated rings. The van der Waals surface area contributed by atoms with E-state index < -0.39 is 0 Å². The lowest BCUT2D eigenvalue weighted by Crippen LogP contribution is -2.54. The van der Waals surface area contributed by atoms with Gasteiger partial charge in [-0.25, -0.2) is 0 Å². The molecule has 0 saturated heterocycles. The molecule has 4 aliphatic carbocycles. The van der Waals surface area contributed by atoms with Crippen LogP contribution < -0.4 is 0 Å². The normalized spacial score (nSPS) is 43.9. The lowest BCUT2D eigenvalue weighted by molar-refractivity contribution is -0.158. The summed E-state index contributed by atoms with van der Waals surface area (Å²) in [6.45, 7) is 8.02. The van der Waals surface area contributed by atoms with Gasteiger partial charge in [-0.05, 0) is 61.7 Å². The third kappa shape index (κ3) is 2.58. The van der Waals surface area contributed by atoms with Crippen LogP contribution in [0.2, 0.25) is 0 Å². The van der Waals surface area contributed by atoms with Crippen LogP contribution in [0.1, 0.15) is 79.1 Å². The van der Waals surface area contributed by atoms with Gasteiger partial charge in [-0.2, -0.15) is 0 Å². The number of rotatable bonds is 2. The van der Waals surface area contributed by atoms with Gasteiger partial charge in [0.05, 0.1) is 0 Å². The van der Waals surface area contributed by atoms with Gasteiger partial charge in [-0.3, -0.25) is 14.4 Å². The topological polar surface area (TPSA) is 60.4 Å². The molecule has 4 aliphatic rings. The molecule has 6 atom stereocenters. The molecule has 0 aromatic carbocycles. The molecule has 0 aliphatic heterocycles. The monoisotopic (exact) mass is 372 g/mol. The highest BCUT2D eigenvalue weighted by atomic mass is 16.5. The van der Waals surface area contributed by atoms with Crippen LogP contribution in [0.3, 0.4) is 0 Å². The van der Waals surface area contributed by atoms with Crippen LogP contribution in [0.15, 0.2) is 11.1 Å². The maximum Gasteiger partial charge on any atom is 0.302 e. The van der Waals surface area contributed by atoms with E-state index in [0.717, 1.165) is 43.3 Å². The van der Waals surface area contributed by atoms with E-state index in [9.17, 15) is 14.4 Å². The van der Waals surface area contributed by atoms with Gasteiger partial charge in [0.2, 0.25) is 0 Å². The highest BCUT2D eigenvalue weighted by Crippen LogP contribution is 2.65. The number of esters is 1. The number of ketones is 2. The van der Waals surface area contributed by atoms with Crippen molar-refractivity contribution in [3.8, 4) is 0 Å². The van der Waals surface area contributed by atoms with Crippen molar-refractivity contribution in [2.75, 3.05) is 0 Å². The molecular formula is C23H32O4. The standard InChI is InChI=1S/C23H32O4/c1-5-14-18(25)9-11-23(4)17-8-10-22(3)16(6-7-20(22)27-13(2)24)15(17)12-19(26)21(14)23/h15-17,20H,5-12H2,1-4H3/t15-,16-,17+,20?,22-,23+/m0/s1. The predicted molar refractivity (Wildman–Crippen MR) is 102 cm³/mol. The second-order valence-corrected chi connectivity index (χ2v) is 9.77. The molecule has 0 bridgehead atoms. The number of carbonyl (C=O) groups excluding carboxylic acids is 3. The SMILES string of the molecule is CCC1=C2C(=O)C[C@@H]3[C@@H](CC[C@]4(C)C(OC(C)=O)CC[C@@H]34)[C@@]2(C)CCC1=O. The summed E-state index contributed by atoms with van der Waals surface area (Å²) < 4.78 is 5.69. The van der Waals surface area contributed by atoms with Gasteiger partial charge < -0.3 is 4.74 Å². The maximum atomic E-state index is 13.3. The molecule has 4 heteroatoms. The minimum atomic E-state index is -0.195. The Morgan fingerprint density at radius 1 is 1.07 bits per heavy atom. The van der Waals surface area contributed by atoms with Crippen molar-refractivity contribution < 1.29 is 19.1 Å². The van der Waals surface area contributed by atoms with Gasteiger partial charge in [0.1, 0.15) is 6.10 Å². The van der Waals surface area contributed by atoms with Crippen molar-refractivity contribution in [1.82, 2.24) is 0 Å². The Hall–Kier alpha value is -1.45. The molecule has 0 heterocycles. The molecule has 0 N–H and O–H groups in total. The zero-order chi connectivity index (χ0) is 19.6. The van der Waals surface area contributed by atoms with Gasteiger partial charge in [-0.15, -0.1) is 0 Å². The fourth-order valence-corrected chi connectivity index (χ4v) is 7.39. The van der Waals surface area contributed by atoms with Crippen LogP contribution in [0.4, 0.5) is 0 Å². The van der Waals surface area contributed by atoms with E-state index in [0.29, 0.717) is 37.0 Å². The Balaban J connectivity index is 1.71. The van der Waals surface area contributed by atoms with E-state index in [4.69, 9.17) is 4.74 Å². The van der Waals surface area contributed by atoms with Gasteiger partial charge in [0.25, 0.3) is 0 Å². The Morgan fingerprint density at radius 2 is 1.81 bits per heavy atom. The zero-order valence-corrected chi connectivity index (χ0v) is 17.1. The molecule has 27 heavy (non-hydrogen) atoms. The number of carbonyl (C=O) groups is 3. The van der Waals surface area contributed by atoms with Crippen LogP contribution in [-0.2, 0) is 19.1 Å². The van der Waals surface area contributed by atoms with E-state index in [-0.39, 0.29) is 34.5 Å². The fraction of sp³-hybridized carbons (Fsp3) is 0.783. The Labute approximate surface area is 162 Å². The van der Waals surface area contributed by atoms with E-state index in [1.165, 1.54) is 6.92 Å². The van der Waals surface area contributed by atoms with Crippen LogP contribution in [0, 0.1) is 28.6 Å². The summed E-state index contributed by atoms with van der Waals surface area (Å²) in [6, 6.07) is 0. The second kappa shape index (κ2) is 6.28. The first-order valence-electron chi connectivity index (χ1n) is 10.7. The summed E-state index contributed by atoms with van der Waals surface area (Å²) in [5, 5.41) is 0. The summed E-state index contributed by atoms with van der Waals surface area (Å²) in [5.41, 5.74) is 1.52. The van der Waals surface area contributed by atoms with Gasteiger partial charge >= 0.3 is 5.97 Å². The van der Waals surface area contributed by atoms with Crippen molar-refractivity contribution in [3.63, 3.8) is 0 Å². The summed E-state index contributed by atoms with van der Waals surface area (Å²) in [6.07, 6.45) is 6.68. The number of allylic oxidation sites excluding steroid dienone is 1. The minimum Gasteiger partial charge on any atom is -0.462 e. The van der Waals surface area contributed by atoms with Crippen LogP contribution >= 0.6 is 0 Å². The van der Waals surface area contributed by atoms with Gasteiger partial charge in [0.15, 0.2) is 11.6 Å². The predicted octanol–water partition coefficient (Wildman–Crippen LogP) is 4.41. The van der Waals surface area contributed by atoms with Crippen molar-refractivity contribution in [2.45, 2.75) is 85.2 Å². The molecule has 0 amide bonds. The first-order valence-corrected chi connectivity index (χ1v) is 10.7. The molecule has 0 aromatic heterocycles. The summed E-state index contributed by atoms with van der Waals surface area (Å²) in [4.78, 5) is 37.3. The van der Waals surface area contributed by atoms with Crippen LogP contribution in [-0.4, -0.2) is 23.6 Å². The highest BCUT2D eigenvalue weighted by Gasteiger charge is 2.62. The Morgan fingerprint density at radius 3 is 2.48 bits per heavy atom. The maximum absolute atomic E-state index is 13.3. The first kappa shape index (κ1) is 18.9. The number of fused-ring (bicyclic) bond motifs is 5. The largest absolute Gasteiger partial charge is 0.462 e. The molecule has 0 radical (unpaired) electrons. The van der Waals surface area contributed by atoms with Crippen LogP contribution in [0.5, 0.6) is 0 Å². The number of hydrogen-bond donors (Lipinski definition) is 0. The van der Waals surface area contributed by atoms with Crippen molar-refractivity contribution >= 4 is 17.5 Å². The van der Waals surface area contributed by atoms with E-state index in [1.807, 2.05) is 6.92 Å². The Bertz CT molecular complexity index is 735. The zero-order valence-electron chi connectivity index (χ0n) is 17.1. The summed E-state index contributed by atoms with van der Waals surface area (Å²) in [7, 11) is 0. The molecule has 4 nitrogen and oxygen atoms in total. The van der Waals surface area contributed by atoms with Crippen LogP contribution in [0.25, 0.3) is 0 Å². The third-order valence-corrected chi connectivity index (χ3v) is 8.61. The smallest absolute Gasteiger partial charge is 0.302 e. The fourth-order valence-electron chi connectivity index (χ4n) is 7.39. The van der Waals surface area contributed by atoms with E-state index >= 15 is 0 Å². The minimum absolute atomic E-state index is 0.0111.